The number of hydrogen-bond acceptors (Lipinski definition) is 2. The van der Waals surface area contributed by atoms with Crippen LogP contribution < -0.4 is 10.6 Å². The van der Waals surface area contributed by atoms with Gasteiger partial charge in [-0.05, 0) is 35.2 Å². The molecule has 0 aliphatic carbocycles. The zero-order chi connectivity index (χ0) is 14.8. The largest absolute Gasteiger partial charge is 0.344 e. The van der Waals surface area contributed by atoms with Gasteiger partial charge in [0.05, 0.1) is 0 Å². The highest BCUT2D eigenvalue weighted by atomic mass is 19.1. The van der Waals surface area contributed by atoms with Crippen molar-refractivity contribution in [2.24, 2.45) is 5.73 Å². The van der Waals surface area contributed by atoms with E-state index in [4.69, 9.17) is 5.73 Å². The summed E-state index contributed by atoms with van der Waals surface area (Å²) in [6.45, 7) is 0.504. The number of fused-ring (bicyclic) bond motifs is 1. The van der Waals surface area contributed by atoms with Gasteiger partial charge in [-0.3, -0.25) is 0 Å². The number of nitrogens with two attached hydrogens (primary N) is 1. The van der Waals surface area contributed by atoms with E-state index in [9.17, 15) is 4.39 Å². The maximum absolute atomic E-state index is 13.4. The molecule has 3 aromatic carbocycles. The number of halogens is 1. The van der Waals surface area contributed by atoms with Crippen LogP contribution >= 0.6 is 0 Å². The number of anilines is 2. The van der Waals surface area contributed by atoms with E-state index >= 15 is 0 Å². The Morgan fingerprint density at radius 2 is 1.71 bits per heavy atom. The first kappa shape index (κ1) is 13.6. The lowest BCUT2D eigenvalue weighted by atomic mass is 10.0. The van der Waals surface area contributed by atoms with Crippen LogP contribution in [0.3, 0.4) is 0 Å². The summed E-state index contributed by atoms with van der Waals surface area (Å²) in [5, 5.41) is 2.26. The Labute approximate surface area is 123 Å². The Kier molecular flexibility index (Phi) is 3.59. The summed E-state index contributed by atoms with van der Waals surface area (Å²) in [6.07, 6.45) is 0. The predicted octanol–water partition coefficient (Wildman–Crippen LogP) is 4.21. The van der Waals surface area contributed by atoms with E-state index in [2.05, 4.69) is 12.1 Å². The van der Waals surface area contributed by atoms with Crippen LogP contribution in [0.1, 0.15) is 5.56 Å². The second kappa shape index (κ2) is 5.54. The molecule has 2 nitrogen and oxygen atoms in total. The van der Waals surface area contributed by atoms with Gasteiger partial charge in [0.25, 0.3) is 0 Å². The SMILES string of the molecule is CN(c1cccc(F)c1)c1ccc(CN)c2ccccc12. The second-order valence-corrected chi connectivity index (χ2v) is 5.03. The van der Waals surface area contributed by atoms with E-state index in [0.717, 1.165) is 27.7 Å². The number of nitrogens with zero attached hydrogens (tertiary/aromatic N) is 1. The van der Waals surface area contributed by atoms with Gasteiger partial charge in [-0.15, -0.1) is 0 Å². The molecular formula is C18H17FN2. The minimum atomic E-state index is -0.234. The minimum absolute atomic E-state index is 0.234. The molecule has 3 aromatic rings. The summed E-state index contributed by atoms with van der Waals surface area (Å²) in [5.74, 6) is -0.234. The summed E-state index contributed by atoms with van der Waals surface area (Å²) in [4.78, 5) is 1.99. The first-order valence-corrected chi connectivity index (χ1v) is 6.90. The molecule has 21 heavy (non-hydrogen) atoms. The van der Waals surface area contributed by atoms with E-state index in [0.29, 0.717) is 6.54 Å². The third kappa shape index (κ3) is 2.48. The molecule has 0 aliphatic heterocycles. The molecule has 0 heterocycles. The van der Waals surface area contributed by atoms with Gasteiger partial charge in [-0.1, -0.05) is 36.4 Å². The predicted molar refractivity (Wildman–Crippen MR) is 86.3 cm³/mol. The summed E-state index contributed by atoms with van der Waals surface area (Å²) in [5.41, 5.74) is 8.78. The standard InChI is InChI=1S/C18H17FN2/c1-21(15-6-4-5-14(19)11-15)18-10-9-13(12-20)16-7-2-3-8-17(16)18/h2-11H,12,20H2,1H3. The molecule has 106 valence electrons. The van der Waals surface area contributed by atoms with Gasteiger partial charge in [-0.2, -0.15) is 0 Å². The van der Waals surface area contributed by atoms with Crippen molar-refractivity contribution in [3.63, 3.8) is 0 Å². The monoisotopic (exact) mass is 280 g/mol. The molecule has 2 N–H and O–H groups in total. The third-order valence-corrected chi connectivity index (χ3v) is 3.77. The summed E-state index contributed by atoms with van der Waals surface area (Å²) < 4.78 is 13.4. The molecule has 0 aliphatic rings. The van der Waals surface area contributed by atoms with Crippen molar-refractivity contribution < 1.29 is 4.39 Å². The molecule has 0 fully saturated rings. The minimum Gasteiger partial charge on any atom is -0.344 e. The van der Waals surface area contributed by atoms with Gasteiger partial charge >= 0.3 is 0 Å². The van der Waals surface area contributed by atoms with Gasteiger partial charge in [0.15, 0.2) is 0 Å². The van der Waals surface area contributed by atoms with Gasteiger partial charge < -0.3 is 10.6 Å². The van der Waals surface area contributed by atoms with Crippen LogP contribution in [0.15, 0.2) is 60.7 Å². The molecule has 0 radical (unpaired) electrons. The van der Waals surface area contributed by atoms with Crippen LogP contribution in [0.5, 0.6) is 0 Å². The molecule has 0 amide bonds. The Morgan fingerprint density at radius 3 is 2.43 bits per heavy atom. The summed E-state index contributed by atoms with van der Waals surface area (Å²) >= 11 is 0. The fourth-order valence-corrected chi connectivity index (χ4v) is 2.64. The number of rotatable bonds is 3. The Morgan fingerprint density at radius 1 is 0.952 bits per heavy atom. The molecule has 0 atom stereocenters. The fraction of sp³-hybridized carbons (Fsp3) is 0.111. The van der Waals surface area contributed by atoms with Gasteiger partial charge in [0.1, 0.15) is 5.82 Å². The lowest BCUT2D eigenvalue weighted by Gasteiger charge is -2.22. The molecule has 3 rings (SSSR count). The van der Waals surface area contributed by atoms with Crippen LogP contribution in [-0.4, -0.2) is 7.05 Å². The molecule has 0 saturated heterocycles. The van der Waals surface area contributed by atoms with Crippen LogP contribution in [0, 0.1) is 5.82 Å². The van der Waals surface area contributed by atoms with Crippen molar-refractivity contribution in [1.82, 2.24) is 0 Å². The molecule has 0 aromatic heterocycles. The summed E-state index contributed by atoms with van der Waals surface area (Å²) in [6, 6.07) is 18.8. The third-order valence-electron chi connectivity index (χ3n) is 3.77. The fourth-order valence-electron chi connectivity index (χ4n) is 2.64. The Balaban J connectivity index is 2.17. The highest BCUT2D eigenvalue weighted by molar-refractivity contribution is 5.98. The maximum Gasteiger partial charge on any atom is 0.125 e. The summed E-state index contributed by atoms with van der Waals surface area (Å²) in [7, 11) is 1.94. The van der Waals surface area contributed by atoms with Crippen LogP contribution in [-0.2, 0) is 6.54 Å². The smallest absolute Gasteiger partial charge is 0.125 e. The first-order valence-electron chi connectivity index (χ1n) is 6.90. The number of hydrogen-bond donors (Lipinski definition) is 1. The zero-order valence-corrected chi connectivity index (χ0v) is 11.9. The van der Waals surface area contributed by atoms with Gasteiger partial charge in [-0.25, -0.2) is 4.39 Å². The van der Waals surface area contributed by atoms with Crippen molar-refractivity contribution >= 4 is 22.1 Å². The second-order valence-electron chi connectivity index (χ2n) is 5.03. The zero-order valence-electron chi connectivity index (χ0n) is 11.9. The molecule has 0 saturated carbocycles. The first-order chi connectivity index (χ1) is 10.2. The lowest BCUT2D eigenvalue weighted by Crippen LogP contribution is -2.10. The van der Waals surface area contributed by atoms with Crippen LogP contribution in [0.4, 0.5) is 15.8 Å². The topological polar surface area (TPSA) is 29.3 Å². The van der Waals surface area contributed by atoms with Crippen molar-refractivity contribution in [3.05, 3.63) is 72.0 Å². The molecule has 0 spiro atoms. The van der Waals surface area contributed by atoms with E-state index in [1.807, 2.05) is 42.3 Å². The Bertz CT molecular complexity index is 783. The van der Waals surface area contributed by atoms with Gasteiger partial charge in [0, 0.05) is 30.4 Å². The highest BCUT2D eigenvalue weighted by Crippen LogP contribution is 2.33. The maximum atomic E-state index is 13.4. The van der Waals surface area contributed by atoms with E-state index in [1.54, 1.807) is 6.07 Å². The molecule has 3 heteroatoms. The average Bonchev–Trinajstić information content (AvgIpc) is 2.53. The van der Waals surface area contributed by atoms with Crippen molar-refractivity contribution in [3.8, 4) is 0 Å². The normalized spacial score (nSPS) is 10.8. The molecular weight excluding hydrogens is 263 g/mol. The number of benzene rings is 3. The quantitative estimate of drug-likeness (QED) is 0.779. The van der Waals surface area contributed by atoms with Gasteiger partial charge in [0.2, 0.25) is 0 Å². The van der Waals surface area contributed by atoms with Crippen LogP contribution in [0.25, 0.3) is 10.8 Å². The van der Waals surface area contributed by atoms with E-state index in [1.165, 1.54) is 12.1 Å². The van der Waals surface area contributed by atoms with E-state index < -0.39 is 0 Å². The lowest BCUT2D eigenvalue weighted by molar-refractivity contribution is 0.628. The van der Waals surface area contributed by atoms with Crippen molar-refractivity contribution in [2.45, 2.75) is 6.54 Å². The van der Waals surface area contributed by atoms with Crippen molar-refractivity contribution in [2.75, 3.05) is 11.9 Å². The average molecular weight is 280 g/mol. The highest BCUT2D eigenvalue weighted by Gasteiger charge is 2.10. The Hall–Kier alpha value is -2.39. The van der Waals surface area contributed by atoms with Crippen molar-refractivity contribution in [1.29, 1.82) is 0 Å². The van der Waals surface area contributed by atoms with E-state index in [-0.39, 0.29) is 5.82 Å². The van der Waals surface area contributed by atoms with Crippen LogP contribution in [0.2, 0.25) is 0 Å². The molecule has 0 bridgehead atoms. The molecule has 0 unspecified atom stereocenters.